The van der Waals surface area contributed by atoms with E-state index < -0.39 is 5.97 Å². The maximum absolute atomic E-state index is 12.2. The summed E-state index contributed by atoms with van der Waals surface area (Å²) in [5.74, 6) is 0.168. The number of carbonyl (C=O) groups excluding carboxylic acids is 1. The largest absolute Gasteiger partial charge is 0.462 e. The van der Waals surface area contributed by atoms with Crippen molar-refractivity contribution in [2.45, 2.75) is 12.1 Å². The SMILES string of the molecule is CCOC(=O)c1cnc(SC)nc1Nc1nc2scc(-c3ccccc3)n2n1. The number of fused-ring (bicyclic) bond motifs is 1. The van der Waals surface area contributed by atoms with Gasteiger partial charge in [0.1, 0.15) is 5.56 Å². The van der Waals surface area contributed by atoms with Crippen LogP contribution in [-0.4, -0.2) is 43.4 Å². The lowest BCUT2D eigenvalue weighted by atomic mass is 10.2. The van der Waals surface area contributed by atoms with Gasteiger partial charge >= 0.3 is 5.97 Å². The second-order valence-corrected chi connectivity index (χ2v) is 7.19. The molecule has 0 aliphatic rings. The number of hydrogen-bond donors (Lipinski definition) is 1. The minimum atomic E-state index is -0.497. The molecule has 0 bridgehead atoms. The van der Waals surface area contributed by atoms with Crippen molar-refractivity contribution < 1.29 is 9.53 Å². The van der Waals surface area contributed by atoms with E-state index in [2.05, 4.69) is 25.4 Å². The summed E-state index contributed by atoms with van der Waals surface area (Å²) in [4.78, 5) is 26.0. The van der Waals surface area contributed by atoms with Crippen LogP contribution in [0.4, 0.5) is 11.8 Å². The molecular weight excluding hydrogens is 396 g/mol. The third kappa shape index (κ3) is 3.56. The first-order valence-corrected chi connectivity index (χ1v) is 10.5. The molecule has 0 saturated carbocycles. The zero-order valence-corrected chi connectivity index (χ0v) is 16.8. The molecule has 10 heteroatoms. The highest BCUT2D eigenvalue weighted by Crippen LogP contribution is 2.27. The first-order chi connectivity index (χ1) is 13.7. The van der Waals surface area contributed by atoms with Gasteiger partial charge in [0, 0.05) is 17.1 Å². The van der Waals surface area contributed by atoms with Crippen molar-refractivity contribution in [1.29, 1.82) is 0 Å². The molecule has 0 aliphatic heterocycles. The number of ether oxygens (including phenoxy) is 1. The van der Waals surface area contributed by atoms with Crippen LogP contribution in [0.15, 0.2) is 47.1 Å². The van der Waals surface area contributed by atoms with Gasteiger partial charge in [-0.2, -0.15) is 4.98 Å². The van der Waals surface area contributed by atoms with E-state index in [1.54, 1.807) is 11.4 Å². The molecule has 28 heavy (non-hydrogen) atoms. The van der Waals surface area contributed by atoms with Crippen LogP contribution in [0.2, 0.25) is 0 Å². The second-order valence-electron chi connectivity index (χ2n) is 5.58. The molecule has 1 aromatic carbocycles. The minimum absolute atomic E-state index is 0.237. The van der Waals surface area contributed by atoms with Crippen molar-refractivity contribution in [1.82, 2.24) is 24.6 Å². The molecule has 3 aromatic heterocycles. The number of anilines is 2. The lowest BCUT2D eigenvalue weighted by molar-refractivity contribution is 0.0526. The summed E-state index contributed by atoms with van der Waals surface area (Å²) in [5.41, 5.74) is 2.23. The number of thiazole rings is 1. The molecule has 1 N–H and O–H groups in total. The van der Waals surface area contributed by atoms with E-state index in [4.69, 9.17) is 4.74 Å². The predicted octanol–water partition coefficient (Wildman–Crippen LogP) is 3.89. The number of nitrogens with zero attached hydrogens (tertiary/aromatic N) is 5. The molecule has 3 heterocycles. The van der Waals surface area contributed by atoms with Crippen LogP contribution < -0.4 is 5.32 Å². The van der Waals surface area contributed by atoms with E-state index in [1.165, 1.54) is 29.3 Å². The Morgan fingerprint density at radius 3 is 2.86 bits per heavy atom. The standard InChI is InChI=1S/C18H16N6O2S2/c1-3-26-15(25)12-9-19-17(27-2)21-14(12)20-16-22-18-24(23-16)13(10-28-18)11-7-5-4-6-8-11/h4-10H,3H2,1-2H3,(H,19,20,21,23). The highest BCUT2D eigenvalue weighted by atomic mass is 32.2. The van der Waals surface area contributed by atoms with Crippen LogP contribution in [0.25, 0.3) is 16.2 Å². The summed E-state index contributed by atoms with van der Waals surface area (Å²) in [6.07, 6.45) is 3.31. The Morgan fingerprint density at radius 1 is 1.29 bits per heavy atom. The summed E-state index contributed by atoms with van der Waals surface area (Å²) in [6, 6.07) is 9.96. The molecule has 0 atom stereocenters. The zero-order chi connectivity index (χ0) is 19.5. The van der Waals surface area contributed by atoms with E-state index in [1.807, 2.05) is 42.0 Å². The van der Waals surface area contributed by atoms with Crippen molar-refractivity contribution in [2.24, 2.45) is 0 Å². The van der Waals surface area contributed by atoms with E-state index in [0.29, 0.717) is 16.9 Å². The molecule has 0 saturated heterocycles. The van der Waals surface area contributed by atoms with Crippen LogP contribution in [0.3, 0.4) is 0 Å². The summed E-state index contributed by atoms with van der Waals surface area (Å²) in [6.45, 7) is 2.01. The Morgan fingerprint density at radius 2 is 2.11 bits per heavy atom. The fourth-order valence-corrected chi connectivity index (χ4v) is 3.74. The number of aromatic nitrogens is 5. The average molecular weight is 413 g/mol. The fraction of sp³-hybridized carbons (Fsp3) is 0.167. The lowest BCUT2D eigenvalue weighted by Crippen LogP contribution is -2.11. The van der Waals surface area contributed by atoms with E-state index in [-0.39, 0.29) is 12.2 Å². The first-order valence-electron chi connectivity index (χ1n) is 8.44. The Kier molecular flexibility index (Phi) is 5.22. The predicted molar refractivity (Wildman–Crippen MR) is 109 cm³/mol. The van der Waals surface area contributed by atoms with Crippen molar-refractivity contribution >= 4 is 45.8 Å². The fourth-order valence-electron chi connectivity index (χ4n) is 2.57. The smallest absolute Gasteiger partial charge is 0.343 e. The van der Waals surface area contributed by atoms with Gasteiger partial charge in [0.05, 0.1) is 12.3 Å². The minimum Gasteiger partial charge on any atom is -0.462 e. The molecule has 0 fully saturated rings. The Balaban J connectivity index is 1.70. The highest BCUT2D eigenvalue weighted by molar-refractivity contribution is 7.98. The Bertz CT molecular complexity index is 1130. The number of nitrogens with one attached hydrogen (secondary N) is 1. The van der Waals surface area contributed by atoms with Crippen LogP contribution in [0.5, 0.6) is 0 Å². The molecule has 0 unspecified atom stereocenters. The molecule has 142 valence electrons. The summed E-state index contributed by atoms with van der Waals surface area (Å²) < 4.78 is 6.86. The van der Waals surface area contributed by atoms with Gasteiger partial charge in [0.2, 0.25) is 10.9 Å². The first kappa shape index (κ1) is 18.4. The molecule has 4 aromatic rings. The van der Waals surface area contributed by atoms with Crippen molar-refractivity contribution in [3.8, 4) is 11.3 Å². The summed E-state index contributed by atoms with van der Waals surface area (Å²) >= 11 is 2.86. The highest BCUT2D eigenvalue weighted by Gasteiger charge is 2.18. The molecule has 8 nitrogen and oxygen atoms in total. The van der Waals surface area contributed by atoms with Crippen LogP contribution in [0, 0.1) is 0 Å². The molecule has 0 spiro atoms. The summed E-state index contributed by atoms with van der Waals surface area (Å²) in [5, 5.41) is 10.1. The van der Waals surface area contributed by atoms with Gasteiger partial charge < -0.3 is 10.1 Å². The molecule has 0 radical (unpaired) electrons. The lowest BCUT2D eigenvalue weighted by Gasteiger charge is -2.08. The van der Waals surface area contributed by atoms with Gasteiger partial charge in [-0.15, -0.1) is 16.4 Å². The van der Waals surface area contributed by atoms with E-state index >= 15 is 0 Å². The second kappa shape index (κ2) is 7.95. The maximum atomic E-state index is 12.2. The molecule has 4 rings (SSSR count). The Labute approximate surface area is 169 Å². The van der Waals surface area contributed by atoms with E-state index in [9.17, 15) is 4.79 Å². The van der Waals surface area contributed by atoms with Crippen LogP contribution in [-0.2, 0) is 4.74 Å². The normalized spacial score (nSPS) is 10.9. The molecule has 0 amide bonds. The number of hydrogen-bond acceptors (Lipinski definition) is 9. The third-order valence-electron chi connectivity index (χ3n) is 3.83. The molecular formula is C18H16N6O2S2. The number of rotatable bonds is 6. The van der Waals surface area contributed by atoms with Crippen LogP contribution in [0.1, 0.15) is 17.3 Å². The van der Waals surface area contributed by atoms with Gasteiger partial charge in [0.15, 0.2) is 11.0 Å². The quantitative estimate of drug-likeness (QED) is 0.290. The van der Waals surface area contributed by atoms with Crippen molar-refractivity contribution in [2.75, 3.05) is 18.2 Å². The van der Waals surface area contributed by atoms with Crippen LogP contribution >= 0.6 is 23.1 Å². The number of thioether (sulfide) groups is 1. The number of esters is 1. The van der Waals surface area contributed by atoms with E-state index in [0.717, 1.165) is 16.2 Å². The third-order valence-corrected chi connectivity index (χ3v) is 5.20. The number of benzene rings is 1. The zero-order valence-electron chi connectivity index (χ0n) is 15.1. The van der Waals surface area contributed by atoms with Crippen molar-refractivity contribution in [3.05, 3.63) is 47.5 Å². The molecule has 0 aliphatic carbocycles. The van der Waals surface area contributed by atoms with Gasteiger partial charge in [-0.25, -0.2) is 19.3 Å². The average Bonchev–Trinajstić information content (AvgIpc) is 3.29. The summed E-state index contributed by atoms with van der Waals surface area (Å²) in [7, 11) is 0. The number of carbonyl (C=O) groups is 1. The topological polar surface area (TPSA) is 94.3 Å². The van der Waals surface area contributed by atoms with Gasteiger partial charge in [-0.1, -0.05) is 42.1 Å². The van der Waals surface area contributed by atoms with Crippen molar-refractivity contribution in [3.63, 3.8) is 0 Å². The van der Waals surface area contributed by atoms with Gasteiger partial charge in [-0.05, 0) is 13.2 Å². The van der Waals surface area contributed by atoms with Gasteiger partial charge in [-0.3, -0.25) is 0 Å². The monoisotopic (exact) mass is 412 g/mol. The van der Waals surface area contributed by atoms with Gasteiger partial charge in [0.25, 0.3) is 0 Å². The Hall–Kier alpha value is -2.98. The maximum Gasteiger partial charge on any atom is 0.343 e.